The highest BCUT2D eigenvalue weighted by atomic mass is 32.1. The Labute approximate surface area is 131 Å². The van der Waals surface area contributed by atoms with Crippen molar-refractivity contribution in [3.05, 3.63) is 35.1 Å². The van der Waals surface area contributed by atoms with Crippen LogP contribution in [0.5, 0.6) is 0 Å². The zero-order chi connectivity index (χ0) is 15.4. The van der Waals surface area contributed by atoms with Gasteiger partial charge < -0.3 is 10.6 Å². The Morgan fingerprint density at radius 2 is 1.86 bits per heavy atom. The maximum atomic E-state index is 13.5. The summed E-state index contributed by atoms with van der Waals surface area (Å²) in [5.41, 5.74) is 7.41. The van der Waals surface area contributed by atoms with Gasteiger partial charge in [0, 0.05) is 44.8 Å². The Balaban J connectivity index is 1.97. The molecule has 0 unspecified atom stereocenters. The van der Waals surface area contributed by atoms with Crippen molar-refractivity contribution in [1.82, 2.24) is 9.80 Å². The number of nitrogens with zero attached hydrogens (tertiary/aromatic N) is 2. The molecule has 0 radical (unpaired) electrons. The third-order valence-corrected chi connectivity index (χ3v) is 4.03. The number of halogens is 1. The monoisotopic (exact) mass is 309 g/mol. The van der Waals surface area contributed by atoms with E-state index in [1.807, 2.05) is 0 Å². The number of piperazine rings is 1. The van der Waals surface area contributed by atoms with Crippen LogP contribution < -0.4 is 5.73 Å². The van der Waals surface area contributed by atoms with Gasteiger partial charge in [-0.1, -0.05) is 26.1 Å². The summed E-state index contributed by atoms with van der Waals surface area (Å²) >= 11 is 5.06. The van der Waals surface area contributed by atoms with Gasteiger partial charge in [0.25, 0.3) is 0 Å². The van der Waals surface area contributed by atoms with Crippen molar-refractivity contribution < 1.29 is 4.39 Å². The van der Waals surface area contributed by atoms with Crippen molar-refractivity contribution in [2.45, 2.75) is 20.4 Å². The maximum absolute atomic E-state index is 13.5. The molecule has 116 valence electrons. The fourth-order valence-corrected chi connectivity index (χ4v) is 3.02. The predicted molar refractivity (Wildman–Crippen MR) is 88.8 cm³/mol. The van der Waals surface area contributed by atoms with Crippen LogP contribution >= 0.6 is 12.2 Å². The molecule has 1 aromatic rings. The molecule has 1 heterocycles. The number of nitrogens with two attached hydrogens (primary N) is 1. The van der Waals surface area contributed by atoms with Crippen LogP contribution in [0.25, 0.3) is 0 Å². The summed E-state index contributed by atoms with van der Waals surface area (Å²) in [5, 5.41) is 0. The van der Waals surface area contributed by atoms with Gasteiger partial charge >= 0.3 is 0 Å². The van der Waals surface area contributed by atoms with Gasteiger partial charge in [-0.05, 0) is 29.7 Å². The van der Waals surface area contributed by atoms with Gasteiger partial charge in [0.2, 0.25) is 0 Å². The lowest BCUT2D eigenvalue weighted by Gasteiger charge is -2.35. The second-order valence-corrected chi connectivity index (χ2v) is 6.58. The summed E-state index contributed by atoms with van der Waals surface area (Å²) in [5.74, 6) is 0.462. The fourth-order valence-electron chi connectivity index (χ4n) is 2.82. The van der Waals surface area contributed by atoms with Crippen LogP contribution in [0.4, 0.5) is 4.39 Å². The Bertz CT molecular complexity index is 496. The molecule has 0 aromatic heterocycles. The molecular formula is C16H24FN3S. The topological polar surface area (TPSA) is 32.5 Å². The Morgan fingerprint density at radius 1 is 1.24 bits per heavy atom. The first-order valence-electron chi connectivity index (χ1n) is 7.48. The zero-order valence-corrected chi connectivity index (χ0v) is 13.6. The van der Waals surface area contributed by atoms with Gasteiger partial charge in [-0.15, -0.1) is 0 Å². The maximum Gasteiger partial charge on any atom is 0.123 e. The average molecular weight is 309 g/mol. The van der Waals surface area contributed by atoms with Crippen LogP contribution in [-0.4, -0.2) is 47.5 Å². The summed E-state index contributed by atoms with van der Waals surface area (Å²) in [6.45, 7) is 10.5. The lowest BCUT2D eigenvalue weighted by Crippen LogP contribution is -2.47. The van der Waals surface area contributed by atoms with E-state index in [0.29, 0.717) is 17.5 Å². The molecule has 1 saturated heterocycles. The van der Waals surface area contributed by atoms with E-state index in [0.717, 1.165) is 43.9 Å². The molecule has 0 aliphatic carbocycles. The number of hydrogen-bond donors (Lipinski definition) is 1. The van der Waals surface area contributed by atoms with E-state index in [-0.39, 0.29) is 5.82 Å². The summed E-state index contributed by atoms with van der Waals surface area (Å²) < 4.78 is 13.5. The van der Waals surface area contributed by atoms with Crippen LogP contribution in [0.15, 0.2) is 18.2 Å². The van der Waals surface area contributed by atoms with Crippen molar-refractivity contribution in [2.75, 3.05) is 32.7 Å². The standard InChI is InChI=1S/C16H24FN3S/c1-12(2)10-19-5-7-20(8-6-19)11-13-9-14(17)3-4-15(13)16(18)21/h3-4,9,12H,5-8,10-11H2,1-2H3,(H2,18,21). The molecule has 1 fully saturated rings. The molecule has 0 atom stereocenters. The zero-order valence-electron chi connectivity index (χ0n) is 12.8. The molecule has 0 saturated carbocycles. The summed E-state index contributed by atoms with van der Waals surface area (Å²) in [6, 6.07) is 4.65. The highest BCUT2D eigenvalue weighted by molar-refractivity contribution is 7.80. The summed E-state index contributed by atoms with van der Waals surface area (Å²) in [6.07, 6.45) is 0. The number of rotatable bonds is 5. The Hall–Kier alpha value is -1.04. The minimum atomic E-state index is -0.233. The van der Waals surface area contributed by atoms with Crippen molar-refractivity contribution in [2.24, 2.45) is 11.7 Å². The number of benzene rings is 1. The molecule has 0 bridgehead atoms. The third kappa shape index (κ3) is 4.73. The van der Waals surface area contributed by atoms with Gasteiger partial charge in [-0.25, -0.2) is 4.39 Å². The third-order valence-electron chi connectivity index (χ3n) is 3.81. The molecule has 0 spiro atoms. The number of thiocarbonyl (C=S) groups is 1. The first-order valence-corrected chi connectivity index (χ1v) is 7.89. The van der Waals surface area contributed by atoms with Crippen LogP contribution in [0, 0.1) is 11.7 Å². The molecule has 1 aliphatic heterocycles. The highest BCUT2D eigenvalue weighted by Gasteiger charge is 2.19. The van der Waals surface area contributed by atoms with E-state index in [1.165, 1.54) is 6.07 Å². The minimum Gasteiger partial charge on any atom is -0.389 e. The van der Waals surface area contributed by atoms with E-state index < -0.39 is 0 Å². The first-order chi connectivity index (χ1) is 9.95. The smallest absolute Gasteiger partial charge is 0.123 e. The van der Waals surface area contributed by atoms with E-state index in [4.69, 9.17) is 18.0 Å². The summed E-state index contributed by atoms with van der Waals surface area (Å²) in [4.78, 5) is 5.16. The molecular weight excluding hydrogens is 285 g/mol. The molecule has 2 N–H and O–H groups in total. The van der Waals surface area contributed by atoms with Crippen molar-refractivity contribution in [3.63, 3.8) is 0 Å². The fraction of sp³-hybridized carbons (Fsp3) is 0.562. The normalized spacial score (nSPS) is 17.3. The van der Waals surface area contributed by atoms with Crippen LogP contribution in [-0.2, 0) is 6.54 Å². The SMILES string of the molecule is CC(C)CN1CCN(Cc2cc(F)ccc2C(N)=S)CC1. The van der Waals surface area contributed by atoms with Crippen LogP contribution in [0.1, 0.15) is 25.0 Å². The van der Waals surface area contributed by atoms with E-state index in [1.54, 1.807) is 12.1 Å². The second kappa shape index (κ2) is 7.29. The molecule has 2 rings (SSSR count). The molecule has 5 heteroatoms. The van der Waals surface area contributed by atoms with E-state index in [9.17, 15) is 4.39 Å². The molecule has 1 aliphatic rings. The Morgan fingerprint density at radius 3 is 2.43 bits per heavy atom. The van der Waals surface area contributed by atoms with Gasteiger partial charge in [-0.2, -0.15) is 0 Å². The van der Waals surface area contributed by atoms with Crippen molar-refractivity contribution in [1.29, 1.82) is 0 Å². The largest absolute Gasteiger partial charge is 0.389 e. The average Bonchev–Trinajstić information content (AvgIpc) is 2.40. The first kappa shape index (κ1) is 16.3. The quantitative estimate of drug-likeness (QED) is 0.846. The predicted octanol–water partition coefficient (Wildman–Crippen LogP) is 2.23. The highest BCUT2D eigenvalue weighted by Crippen LogP contribution is 2.16. The molecule has 3 nitrogen and oxygen atoms in total. The van der Waals surface area contributed by atoms with Gasteiger partial charge in [0.15, 0.2) is 0 Å². The van der Waals surface area contributed by atoms with Gasteiger partial charge in [0.1, 0.15) is 10.8 Å². The summed E-state index contributed by atoms with van der Waals surface area (Å²) in [7, 11) is 0. The van der Waals surface area contributed by atoms with Gasteiger partial charge in [-0.3, -0.25) is 4.90 Å². The van der Waals surface area contributed by atoms with Crippen molar-refractivity contribution in [3.8, 4) is 0 Å². The molecule has 1 aromatic carbocycles. The minimum absolute atomic E-state index is 0.233. The van der Waals surface area contributed by atoms with Crippen molar-refractivity contribution >= 4 is 17.2 Å². The van der Waals surface area contributed by atoms with E-state index in [2.05, 4.69) is 23.6 Å². The number of hydrogen-bond acceptors (Lipinski definition) is 3. The second-order valence-electron chi connectivity index (χ2n) is 6.14. The molecule has 21 heavy (non-hydrogen) atoms. The molecule has 0 amide bonds. The van der Waals surface area contributed by atoms with E-state index >= 15 is 0 Å². The van der Waals surface area contributed by atoms with Crippen LogP contribution in [0.3, 0.4) is 0 Å². The van der Waals surface area contributed by atoms with Gasteiger partial charge in [0.05, 0.1) is 0 Å². The Kier molecular flexibility index (Phi) is 5.67. The lowest BCUT2D eigenvalue weighted by molar-refractivity contribution is 0.117. The lowest BCUT2D eigenvalue weighted by atomic mass is 10.1. The van der Waals surface area contributed by atoms with Crippen LogP contribution in [0.2, 0.25) is 0 Å².